The fourth-order valence-corrected chi connectivity index (χ4v) is 3.09. The van der Waals surface area contributed by atoms with Gasteiger partial charge in [-0.3, -0.25) is 4.90 Å². The third-order valence-corrected chi connectivity index (χ3v) is 3.80. The van der Waals surface area contributed by atoms with Gasteiger partial charge in [-0.15, -0.1) is 0 Å². The molecule has 0 spiro atoms. The molecule has 0 radical (unpaired) electrons. The summed E-state index contributed by atoms with van der Waals surface area (Å²) in [4.78, 5) is 12.0. The lowest BCUT2D eigenvalue weighted by atomic mass is 10.0. The monoisotopic (exact) mass is 272 g/mol. The molecule has 2 unspecified atom stereocenters. The van der Waals surface area contributed by atoms with Crippen molar-refractivity contribution in [3.05, 3.63) is 18.5 Å². The Bertz CT molecular complexity index is 422. The molecule has 0 aromatic carbocycles. The van der Waals surface area contributed by atoms with Crippen LogP contribution in [-0.2, 0) is 0 Å². The van der Waals surface area contributed by atoms with Crippen molar-refractivity contribution in [3.8, 4) is 0 Å². The predicted octanol–water partition coefficient (Wildman–Crippen LogP) is 1.41. The van der Waals surface area contributed by atoms with Crippen molar-refractivity contribution in [2.45, 2.75) is 6.18 Å². The number of hydrogen-bond donors (Lipinski definition) is 0. The van der Waals surface area contributed by atoms with Gasteiger partial charge in [-0.1, -0.05) is 0 Å². The number of rotatable bonds is 2. The van der Waals surface area contributed by atoms with Crippen molar-refractivity contribution >= 4 is 5.95 Å². The maximum absolute atomic E-state index is 12.4. The Balaban J connectivity index is 1.59. The molecule has 0 amide bonds. The number of hydrogen-bond acceptors (Lipinski definition) is 4. The van der Waals surface area contributed by atoms with Crippen LogP contribution in [0.5, 0.6) is 0 Å². The van der Waals surface area contributed by atoms with Gasteiger partial charge in [-0.05, 0) is 17.9 Å². The van der Waals surface area contributed by atoms with Gasteiger partial charge >= 0.3 is 6.18 Å². The van der Waals surface area contributed by atoms with Crippen LogP contribution in [-0.4, -0.2) is 53.8 Å². The lowest BCUT2D eigenvalue weighted by molar-refractivity contribution is -0.144. The molecule has 2 aliphatic heterocycles. The number of nitrogens with zero attached hydrogens (tertiary/aromatic N) is 4. The van der Waals surface area contributed by atoms with E-state index in [1.54, 1.807) is 18.5 Å². The first-order valence-electron chi connectivity index (χ1n) is 6.32. The minimum atomic E-state index is -4.10. The summed E-state index contributed by atoms with van der Waals surface area (Å²) >= 11 is 0. The molecule has 1 aromatic heterocycles. The van der Waals surface area contributed by atoms with E-state index in [0.717, 1.165) is 13.1 Å². The summed E-state index contributed by atoms with van der Waals surface area (Å²) in [6.45, 7) is 1.76. The minimum absolute atomic E-state index is 0.297. The largest absolute Gasteiger partial charge is 0.401 e. The predicted molar refractivity (Wildman–Crippen MR) is 63.7 cm³/mol. The summed E-state index contributed by atoms with van der Waals surface area (Å²) in [5.74, 6) is 1.27. The van der Waals surface area contributed by atoms with Crippen molar-refractivity contribution in [1.82, 2.24) is 14.9 Å². The Kier molecular flexibility index (Phi) is 3.08. The number of aromatic nitrogens is 2. The number of halogens is 3. The molecule has 2 fully saturated rings. The highest BCUT2D eigenvalue weighted by molar-refractivity contribution is 5.31. The summed E-state index contributed by atoms with van der Waals surface area (Å²) in [7, 11) is 0. The minimum Gasteiger partial charge on any atom is -0.340 e. The summed E-state index contributed by atoms with van der Waals surface area (Å²) in [6, 6.07) is 1.76. The molecule has 1 aromatic rings. The van der Waals surface area contributed by atoms with Gasteiger partial charge in [-0.2, -0.15) is 13.2 Å². The summed E-state index contributed by atoms with van der Waals surface area (Å²) in [6.07, 6.45) is -0.723. The molecule has 0 saturated carbocycles. The molecule has 4 nitrogen and oxygen atoms in total. The zero-order valence-electron chi connectivity index (χ0n) is 10.3. The van der Waals surface area contributed by atoms with E-state index in [1.807, 2.05) is 0 Å². The molecule has 0 aliphatic carbocycles. The van der Waals surface area contributed by atoms with Crippen LogP contribution in [0.3, 0.4) is 0 Å². The van der Waals surface area contributed by atoms with Crippen LogP contribution in [0.2, 0.25) is 0 Å². The summed E-state index contributed by atoms with van der Waals surface area (Å²) in [5, 5.41) is 0. The Labute approximate surface area is 109 Å². The molecule has 2 atom stereocenters. The van der Waals surface area contributed by atoms with E-state index in [4.69, 9.17) is 0 Å². The maximum atomic E-state index is 12.4. The fourth-order valence-electron chi connectivity index (χ4n) is 3.09. The maximum Gasteiger partial charge on any atom is 0.401 e. The van der Waals surface area contributed by atoms with E-state index < -0.39 is 12.7 Å². The topological polar surface area (TPSA) is 32.3 Å². The van der Waals surface area contributed by atoms with E-state index in [-0.39, 0.29) is 0 Å². The molecular formula is C12H15F3N4. The molecule has 3 rings (SSSR count). The highest BCUT2D eigenvalue weighted by atomic mass is 19.4. The molecule has 104 valence electrons. The van der Waals surface area contributed by atoms with Crippen molar-refractivity contribution < 1.29 is 13.2 Å². The first kappa shape index (κ1) is 12.7. The zero-order valence-corrected chi connectivity index (χ0v) is 10.3. The molecule has 2 aliphatic rings. The summed E-state index contributed by atoms with van der Waals surface area (Å²) in [5.41, 5.74) is 0. The van der Waals surface area contributed by atoms with Gasteiger partial charge in [0.2, 0.25) is 5.95 Å². The molecule has 2 saturated heterocycles. The third kappa shape index (κ3) is 2.80. The highest BCUT2D eigenvalue weighted by Gasteiger charge is 2.43. The first-order chi connectivity index (χ1) is 9.01. The molecular weight excluding hydrogens is 257 g/mol. The second-order valence-corrected chi connectivity index (χ2v) is 5.28. The summed E-state index contributed by atoms with van der Waals surface area (Å²) < 4.78 is 37.1. The third-order valence-electron chi connectivity index (χ3n) is 3.80. The number of anilines is 1. The van der Waals surface area contributed by atoms with Crippen molar-refractivity contribution in [2.75, 3.05) is 37.6 Å². The van der Waals surface area contributed by atoms with Gasteiger partial charge in [0.1, 0.15) is 0 Å². The van der Waals surface area contributed by atoms with Crippen molar-refractivity contribution in [2.24, 2.45) is 11.8 Å². The van der Waals surface area contributed by atoms with Crippen LogP contribution in [0.25, 0.3) is 0 Å². The lowest BCUT2D eigenvalue weighted by Gasteiger charge is -2.22. The molecule has 3 heterocycles. The molecule has 0 bridgehead atoms. The first-order valence-corrected chi connectivity index (χ1v) is 6.32. The SMILES string of the molecule is FC(F)(F)CN1CC2CN(c3ncccn3)CC2C1. The molecule has 0 N–H and O–H groups in total. The smallest absolute Gasteiger partial charge is 0.340 e. The lowest BCUT2D eigenvalue weighted by Crippen LogP contribution is -2.35. The van der Waals surface area contributed by atoms with E-state index in [0.29, 0.717) is 30.9 Å². The van der Waals surface area contributed by atoms with Crippen LogP contribution in [0.4, 0.5) is 19.1 Å². The van der Waals surface area contributed by atoms with Crippen LogP contribution in [0.15, 0.2) is 18.5 Å². The quantitative estimate of drug-likeness (QED) is 0.815. The van der Waals surface area contributed by atoms with Gasteiger partial charge < -0.3 is 4.90 Å². The van der Waals surface area contributed by atoms with Gasteiger partial charge in [0.05, 0.1) is 6.54 Å². The Morgan fingerprint density at radius 1 is 1.05 bits per heavy atom. The number of fused-ring (bicyclic) bond motifs is 1. The van der Waals surface area contributed by atoms with Crippen LogP contribution < -0.4 is 4.90 Å². The van der Waals surface area contributed by atoms with Crippen LogP contribution >= 0.6 is 0 Å². The average Bonchev–Trinajstić information content (AvgIpc) is 2.85. The Hall–Kier alpha value is -1.37. The van der Waals surface area contributed by atoms with E-state index in [2.05, 4.69) is 14.9 Å². The Morgan fingerprint density at radius 3 is 2.16 bits per heavy atom. The van der Waals surface area contributed by atoms with E-state index >= 15 is 0 Å². The van der Waals surface area contributed by atoms with Crippen LogP contribution in [0, 0.1) is 11.8 Å². The normalized spacial score (nSPS) is 27.8. The van der Waals surface area contributed by atoms with Gasteiger partial charge in [0, 0.05) is 38.6 Å². The van der Waals surface area contributed by atoms with Gasteiger partial charge in [0.15, 0.2) is 0 Å². The standard InChI is InChI=1S/C12H15F3N4/c13-12(14,15)8-18-4-9-6-19(7-10(9)5-18)11-16-2-1-3-17-11/h1-3,9-10H,4-8H2. The van der Waals surface area contributed by atoms with Gasteiger partial charge in [-0.25, -0.2) is 9.97 Å². The Morgan fingerprint density at radius 2 is 1.63 bits per heavy atom. The second kappa shape index (κ2) is 4.63. The van der Waals surface area contributed by atoms with Crippen LogP contribution in [0.1, 0.15) is 0 Å². The van der Waals surface area contributed by atoms with E-state index in [9.17, 15) is 13.2 Å². The van der Waals surface area contributed by atoms with Gasteiger partial charge in [0.25, 0.3) is 0 Å². The zero-order chi connectivity index (χ0) is 13.5. The fraction of sp³-hybridized carbons (Fsp3) is 0.667. The molecule has 19 heavy (non-hydrogen) atoms. The van der Waals surface area contributed by atoms with Crippen molar-refractivity contribution in [1.29, 1.82) is 0 Å². The highest BCUT2D eigenvalue weighted by Crippen LogP contribution is 2.33. The van der Waals surface area contributed by atoms with Crippen molar-refractivity contribution in [3.63, 3.8) is 0 Å². The average molecular weight is 272 g/mol. The second-order valence-electron chi connectivity index (χ2n) is 5.28. The molecule has 7 heteroatoms. The number of likely N-dealkylation sites (tertiary alicyclic amines) is 1. The van der Waals surface area contributed by atoms with E-state index in [1.165, 1.54) is 4.90 Å². The number of alkyl halides is 3.